The molecule has 2 heterocycles. The van der Waals surface area contributed by atoms with Gasteiger partial charge in [-0.2, -0.15) is 0 Å². The van der Waals surface area contributed by atoms with Crippen LogP contribution in [0.15, 0.2) is 46.7 Å². The van der Waals surface area contributed by atoms with E-state index in [9.17, 15) is 4.79 Å². The average molecular weight is 277 g/mol. The van der Waals surface area contributed by atoms with E-state index in [1.165, 1.54) is 11.3 Å². The van der Waals surface area contributed by atoms with E-state index >= 15 is 0 Å². The second-order valence-electron chi connectivity index (χ2n) is 3.93. The summed E-state index contributed by atoms with van der Waals surface area (Å²) in [5.41, 5.74) is 1.72. The van der Waals surface area contributed by atoms with E-state index in [4.69, 9.17) is 11.6 Å². The first-order valence-electron chi connectivity index (χ1n) is 5.42. The summed E-state index contributed by atoms with van der Waals surface area (Å²) in [6.07, 6.45) is 1.76. The van der Waals surface area contributed by atoms with Crippen molar-refractivity contribution in [1.29, 1.82) is 0 Å². The van der Waals surface area contributed by atoms with Crippen LogP contribution in [0.25, 0.3) is 10.9 Å². The third-order valence-electron chi connectivity index (χ3n) is 2.73. The van der Waals surface area contributed by atoms with Crippen LogP contribution in [0.3, 0.4) is 0 Å². The molecule has 0 radical (unpaired) electrons. The van der Waals surface area contributed by atoms with E-state index in [0.717, 1.165) is 16.5 Å². The maximum absolute atomic E-state index is 11.5. The molecule has 0 spiro atoms. The van der Waals surface area contributed by atoms with Crippen molar-refractivity contribution < 1.29 is 0 Å². The molecule has 0 aliphatic rings. The van der Waals surface area contributed by atoms with Gasteiger partial charge in [-0.05, 0) is 12.1 Å². The lowest BCUT2D eigenvalue weighted by Gasteiger charge is -2.06. The van der Waals surface area contributed by atoms with Gasteiger partial charge in [0.15, 0.2) is 0 Å². The largest absolute Gasteiger partial charge is 0.307 e. The zero-order valence-electron chi connectivity index (χ0n) is 9.34. The molecule has 0 amide bonds. The number of halogens is 1. The van der Waals surface area contributed by atoms with Crippen molar-refractivity contribution in [3.05, 3.63) is 62.3 Å². The molecule has 0 aliphatic heterocycles. The molecule has 5 heteroatoms. The zero-order valence-corrected chi connectivity index (χ0v) is 10.9. The van der Waals surface area contributed by atoms with Gasteiger partial charge >= 0.3 is 4.87 Å². The minimum Gasteiger partial charge on any atom is -0.301 e. The fourth-order valence-electron chi connectivity index (χ4n) is 1.84. The van der Waals surface area contributed by atoms with E-state index in [1.807, 2.05) is 30.3 Å². The number of benzene rings is 1. The first-order chi connectivity index (χ1) is 8.74. The molecule has 3 rings (SSSR count). The second kappa shape index (κ2) is 4.55. The smallest absolute Gasteiger partial charge is 0.301 e. The van der Waals surface area contributed by atoms with Crippen LogP contribution in [0, 0.1) is 0 Å². The van der Waals surface area contributed by atoms with Crippen molar-refractivity contribution >= 4 is 33.8 Å². The van der Waals surface area contributed by atoms with Gasteiger partial charge in [-0.1, -0.05) is 41.1 Å². The number of hydrogen-bond donors (Lipinski definition) is 0. The molecule has 0 fully saturated rings. The summed E-state index contributed by atoms with van der Waals surface area (Å²) in [6, 6.07) is 9.77. The average Bonchev–Trinajstić information content (AvgIpc) is 2.76. The monoisotopic (exact) mass is 276 g/mol. The molecule has 3 nitrogen and oxygen atoms in total. The summed E-state index contributed by atoms with van der Waals surface area (Å²) in [5, 5.41) is 3.25. The van der Waals surface area contributed by atoms with Crippen LogP contribution in [0.4, 0.5) is 0 Å². The number of rotatable bonds is 2. The molecule has 0 N–H and O–H groups in total. The highest BCUT2D eigenvalue weighted by molar-refractivity contribution is 7.07. The molecular formula is C13H9ClN2OS. The van der Waals surface area contributed by atoms with Gasteiger partial charge in [0, 0.05) is 22.5 Å². The van der Waals surface area contributed by atoms with Gasteiger partial charge in [0.05, 0.1) is 12.1 Å². The second-order valence-corrected chi connectivity index (χ2v) is 5.14. The molecule has 0 bridgehead atoms. The van der Waals surface area contributed by atoms with Crippen LogP contribution in [-0.2, 0) is 6.54 Å². The first-order valence-corrected chi connectivity index (χ1v) is 6.68. The molecule has 0 saturated carbocycles. The van der Waals surface area contributed by atoms with Crippen molar-refractivity contribution in [2.24, 2.45) is 0 Å². The topological polar surface area (TPSA) is 34.9 Å². The Balaban J connectivity index is 2.09. The summed E-state index contributed by atoms with van der Waals surface area (Å²) < 4.78 is 1.63. The van der Waals surface area contributed by atoms with Gasteiger partial charge in [-0.25, -0.2) is 4.98 Å². The van der Waals surface area contributed by atoms with Crippen molar-refractivity contribution in [2.45, 2.75) is 6.54 Å². The van der Waals surface area contributed by atoms with Gasteiger partial charge in [0.1, 0.15) is 5.15 Å². The third kappa shape index (κ3) is 2.05. The molecule has 0 atom stereocenters. The van der Waals surface area contributed by atoms with E-state index in [0.29, 0.717) is 11.7 Å². The predicted octanol–water partition coefficient (Wildman–Crippen LogP) is 3.16. The standard InChI is InChI=1S/C13H9ClN2OS/c14-12-10(8-16-5-6-18-13(16)17)7-9-3-1-2-4-11(9)15-12/h1-7H,8H2. The Kier molecular flexibility index (Phi) is 2.89. The van der Waals surface area contributed by atoms with Gasteiger partial charge in [0.25, 0.3) is 0 Å². The quantitative estimate of drug-likeness (QED) is 0.674. The van der Waals surface area contributed by atoms with Crippen molar-refractivity contribution in [3.63, 3.8) is 0 Å². The van der Waals surface area contributed by atoms with Crippen LogP contribution < -0.4 is 4.87 Å². The molecule has 90 valence electrons. The fourth-order valence-corrected chi connectivity index (χ4v) is 2.63. The Bertz CT molecular complexity index is 763. The summed E-state index contributed by atoms with van der Waals surface area (Å²) in [7, 11) is 0. The number of pyridine rings is 1. The molecule has 0 saturated heterocycles. The molecule has 18 heavy (non-hydrogen) atoms. The molecule has 0 unspecified atom stereocenters. The Morgan fingerprint density at radius 2 is 2.17 bits per heavy atom. The molecule has 0 aliphatic carbocycles. The Labute approximate surface area is 112 Å². The van der Waals surface area contributed by atoms with Gasteiger partial charge in [-0.3, -0.25) is 4.79 Å². The minimum atomic E-state index is 0.0132. The molecule has 2 aromatic heterocycles. The summed E-state index contributed by atoms with van der Waals surface area (Å²) in [6.45, 7) is 0.457. The highest BCUT2D eigenvalue weighted by atomic mass is 35.5. The Hall–Kier alpha value is -1.65. The number of aromatic nitrogens is 2. The Morgan fingerprint density at radius 3 is 2.94 bits per heavy atom. The number of hydrogen-bond acceptors (Lipinski definition) is 3. The zero-order chi connectivity index (χ0) is 12.5. The van der Waals surface area contributed by atoms with Crippen LogP contribution in [-0.4, -0.2) is 9.55 Å². The molecule has 3 aromatic rings. The van der Waals surface area contributed by atoms with Crippen molar-refractivity contribution in [2.75, 3.05) is 0 Å². The van der Waals surface area contributed by atoms with Gasteiger partial charge < -0.3 is 4.57 Å². The number of nitrogens with zero attached hydrogens (tertiary/aromatic N) is 2. The first kappa shape index (κ1) is 11.4. The van der Waals surface area contributed by atoms with Crippen LogP contribution in [0.1, 0.15) is 5.56 Å². The molecular weight excluding hydrogens is 268 g/mol. The van der Waals surface area contributed by atoms with Crippen LogP contribution in [0.2, 0.25) is 5.15 Å². The van der Waals surface area contributed by atoms with Crippen LogP contribution in [0.5, 0.6) is 0 Å². The van der Waals surface area contributed by atoms with Crippen LogP contribution >= 0.6 is 22.9 Å². The number of para-hydroxylation sites is 1. The lowest BCUT2D eigenvalue weighted by atomic mass is 10.1. The maximum atomic E-state index is 11.5. The highest BCUT2D eigenvalue weighted by Crippen LogP contribution is 2.20. The van der Waals surface area contributed by atoms with E-state index in [-0.39, 0.29) is 4.87 Å². The summed E-state index contributed by atoms with van der Waals surface area (Å²) in [5.74, 6) is 0. The van der Waals surface area contributed by atoms with Crippen molar-refractivity contribution in [1.82, 2.24) is 9.55 Å². The summed E-state index contributed by atoms with van der Waals surface area (Å²) in [4.78, 5) is 15.9. The van der Waals surface area contributed by atoms with E-state index in [1.54, 1.807) is 16.1 Å². The SMILES string of the molecule is O=c1sccn1Cc1cc2ccccc2nc1Cl. The fraction of sp³-hybridized carbons (Fsp3) is 0.0769. The van der Waals surface area contributed by atoms with Gasteiger partial charge in [0.2, 0.25) is 0 Å². The van der Waals surface area contributed by atoms with Gasteiger partial charge in [-0.15, -0.1) is 0 Å². The normalized spacial score (nSPS) is 10.9. The van der Waals surface area contributed by atoms with E-state index < -0.39 is 0 Å². The number of fused-ring (bicyclic) bond motifs is 1. The lowest BCUT2D eigenvalue weighted by Crippen LogP contribution is -2.13. The Morgan fingerprint density at radius 1 is 1.33 bits per heavy atom. The minimum absolute atomic E-state index is 0.0132. The predicted molar refractivity (Wildman–Crippen MR) is 74.4 cm³/mol. The van der Waals surface area contributed by atoms with E-state index in [2.05, 4.69) is 4.98 Å². The molecule has 1 aromatic carbocycles. The third-order valence-corrected chi connectivity index (χ3v) is 3.76. The lowest BCUT2D eigenvalue weighted by molar-refractivity contribution is 0.782. The maximum Gasteiger partial charge on any atom is 0.307 e. The number of thiazole rings is 1. The highest BCUT2D eigenvalue weighted by Gasteiger charge is 2.06. The van der Waals surface area contributed by atoms with Crippen molar-refractivity contribution in [3.8, 4) is 0 Å². The summed E-state index contributed by atoms with van der Waals surface area (Å²) >= 11 is 7.33.